The van der Waals surface area contributed by atoms with Crippen LogP contribution in [0, 0.1) is 11.8 Å². The van der Waals surface area contributed by atoms with Gasteiger partial charge < -0.3 is 4.74 Å². The second kappa shape index (κ2) is 4.83. The highest BCUT2D eigenvalue weighted by atomic mass is 32.2. The second-order valence-electron chi connectivity index (χ2n) is 5.22. The first kappa shape index (κ1) is 16.5. The lowest BCUT2D eigenvalue weighted by Gasteiger charge is -2.26. The molecule has 0 aliphatic heterocycles. The van der Waals surface area contributed by atoms with Crippen LogP contribution >= 0.6 is 0 Å². The van der Waals surface area contributed by atoms with E-state index >= 15 is 0 Å². The molecule has 0 aromatic carbocycles. The van der Waals surface area contributed by atoms with Crippen molar-refractivity contribution in [3.05, 3.63) is 0 Å². The van der Waals surface area contributed by atoms with E-state index in [1.165, 1.54) is 0 Å². The predicted octanol–water partition coefficient (Wildman–Crippen LogP) is 0.0651. The third-order valence-corrected chi connectivity index (χ3v) is 6.09. The minimum Gasteiger partial charge on any atom is -0.457 e. The van der Waals surface area contributed by atoms with Crippen LogP contribution < -0.4 is 0 Å². The molecule has 0 amide bonds. The molecular formula is C9H12F2O8S2. The highest BCUT2D eigenvalue weighted by Gasteiger charge is 2.58. The van der Waals surface area contributed by atoms with Crippen molar-refractivity contribution in [1.29, 1.82) is 0 Å². The summed E-state index contributed by atoms with van der Waals surface area (Å²) in [5, 5.41) is -6.10. The normalized spacial score (nSPS) is 33.1. The highest BCUT2D eigenvalue weighted by molar-refractivity contribution is 7.87. The average Bonchev–Trinajstić information content (AvgIpc) is 2.85. The summed E-state index contributed by atoms with van der Waals surface area (Å²) in [6.07, 6.45) is -0.922. The number of esters is 1. The van der Waals surface area contributed by atoms with Crippen molar-refractivity contribution in [3.63, 3.8) is 0 Å². The molecule has 21 heavy (non-hydrogen) atoms. The smallest absolute Gasteiger partial charge is 0.457 e. The van der Waals surface area contributed by atoms with E-state index in [1.54, 1.807) is 0 Å². The number of alkyl halides is 2. The first-order valence-electron chi connectivity index (χ1n) is 5.86. The molecule has 2 rings (SSSR count). The lowest BCUT2D eigenvalue weighted by molar-refractivity contribution is -0.169. The van der Waals surface area contributed by atoms with Crippen molar-refractivity contribution < 1.29 is 44.3 Å². The Balaban J connectivity index is 2.05. The van der Waals surface area contributed by atoms with Crippen molar-refractivity contribution in [2.75, 3.05) is 0 Å². The maximum Gasteiger partial charge on any atom is 0.465 e. The number of hydrogen-bond acceptors (Lipinski definition) is 6. The molecule has 2 aliphatic rings. The van der Waals surface area contributed by atoms with Crippen LogP contribution in [0.15, 0.2) is 0 Å². The van der Waals surface area contributed by atoms with E-state index in [2.05, 4.69) is 4.74 Å². The van der Waals surface area contributed by atoms with Crippen molar-refractivity contribution in [1.82, 2.24) is 0 Å². The van der Waals surface area contributed by atoms with Gasteiger partial charge in [-0.05, 0) is 31.1 Å². The second-order valence-corrected chi connectivity index (χ2v) is 8.31. The Bertz CT molecular complexity index is 655. The van der Waals surface area contributed by atoms with Gasteiger partial charge in [0.1, 0.15) is 6.10 Å². The third-order valence-electron chi connectivity index (χ3n) is 3.93. The summed E-state index contributed by atoms with van der Waals surface area (Å²) >= 11 is 0. The Kier molecular flexibility index (Phi) is 3.80. The van der Waals surface area contributed by atoms with Gasteiger partial charge in [-0.3, -0.25) is 9.11 Å². The van der Waals surface area contributed by atoms with Crippen LogP contribution in [0.25, 0.3) is 0 Å². The number of halogens is 2. The lowest BCUT2D eigenvalue weighted by atomic mass is 9.97. The summed E-state index contributed by atoms with van der Waals surface area (Å²) in [6, 6.07) is 0. The molecule has 0 spiro atoms. The molecule has 4 unspecified atom stereocenters. The van der Waals surface area contributed by atoms with Gasteiger partial charge in [-0.1, -0.05) is 0 Å². The number of carbonyl (C=O) groups is 1. The van der Waals surface area contributed by atoms with Crippen LogP contribution in [0.3, 0.4) is 0 Å². The summed E-state index contributed by atoms with van der Waals surface area (Å²) in [4.78, 5) is 11.1. The minimum atomic E-state index is -5.93. The lowest BCUT2D eigenvalue weighted by Crippen LogP contribution is -2.42. The minimum absolute atomic E-state index is 0.0567. The van der Waals surface area contributed by atoms with Crippen LogP contribution in [0.2, 0.25) is 0 Å². The van der Waals surface area contributed by atoms with E-state index in [0.29, 0.717) is 0 Å². The van der Waals surface area contributed by atoms with E-state index in [1.807, 2.05) is 0 Å². The molecule has 0 aromatic heterocycles. The van der Waals surface area contributed by atoms with Crippen molar-refractivity contribution in [2.45, 2.75) is 35.9 Å². The van der Waals surface area contributed by atoms with Gasteiger partial charge in [0, 0.05) is 0 Å². The number of rotatable bonds is 4. The first-order chi connectivity index (χ1) is 9.34. The molecule has 122 valence electrons. The molecule has 2 bridgehead atoms. The zero-order chi connectivity index (χ0) is 16.2. The molecule has 12 heteroatoms. The van der Waals surface area contributed by atoms with Crippen molar-refractivity contribution in [2.24, 2.45) is 11.8 Å². The first-order valence-corrected chi connectivity index (χ1v) is 8.80. The number of hydrogen-bond donors (Lipinski definition) is 2. The number of fused-ring (bicyclic) bond motifs is 2. The van der Waals surface area contributed by atoms with Gasteiger partial charge in [0.15, 0.2) is 0 Å². The molecule has 0 saturated heterocycles. The monoisotopic (exact) mass is 350 g/mol. The summed E-state index contributed by atoms with van der Waals surface area (Å²) < 4.78 is 90.6. The average molecular weight is 350 g/mol. The molecule has 0 radical (unpaired) electrons. The fourth-order valence-corrected chi connectivity index (χ4v) is 4.45. The zero-order valence-corrected chi connectivity index (χ0v) is 12.0. The van der Waals surface area contributed by atoms with E-state index in [-0.39, 0.29) is 19.3 Å². The molecule has 2 saturated carbocycles. The van der Waals surface area contributed by atoms with Crippen LogP contribution in [0.5, 0.6) is 0 Å². The van der Waals surface area contributed by atoms with E-state index in [0.717, 1.165) is 0 Å². The van der Waals surface area contributed by atoms with Crippen LogP contribution in [0.4, 0.5) is 8.78 Å². The molecule has 2 N–H and O–H groups in total. The summed E-state index contributed by atoms with van der Waals surface area (Å²) in [6.45, 7) is 0. The predicted molar refractivity (Wildman–Crippen MR) is 62.5 cm³/mol. The number of carbonyl (C=O) groups excluding carboxylic acids is 1. The molecule has 0 aromatic rings. The molecule has 2 fully saturated rings. The molecule has 4 atom stereocenters. The SMILES string of the molecule is O=C(OC1CC2CC1CC2S(=O)(=O)O)C(F)(F)S(=O)(=O)O. The van der Waals surface area contributed by atoms with E-state index in [4.69, 9.17) is 9.11 Å². The summed E-state index contributed by atoms with van der Waals surface area (Å²) in [5.74, 6) is -3.49. The van der Waals surface area contributed by atoms with Gasteiger partial charge in [-0.25, -0.2) is 4.79 Å². The Morgan fingerprint density at radius 2 is 1.62 bits per heavy atom. The van der Waals surface area contributed by atoms with Crippen LogP contribution in [-0.4, -0.2) is 48.5 Å². The Morgan fingerprint density at radius 3 is 2.00 bits per heavy atom. The van der Waals surface area contributed by atoms with E-state index in [9.17, 15) is 30.4 Å². The fourth-order valence-electron chi connectivity index (χ4n) is 2.99. The highest BCUT2D eigenvalue weighted by Crippen LogP contribution is 2.49. The topological polar surface area (TPSA) is 135 Å². The number of ether oxygens (including phenoxy) is 1. The van der Waals surface area contributed by atoms with Gasteiger partial charge in [0.05, 0.1) is 5.25 Å². The van der Waals surface area contributed by atoms with Gasteiger partial charge in [0.25, 0.3) is 10.1 Å². The zero-order valence-electron chi connectivity index (χ0n) is 10.3. The molecule has 8 nitrogen and oxygen atoms in total. The van der Waals surface area contributed by atoms with Crippen LogP contribution in [0.1, 0.15) is 19.3 Å². The van der Waals surface area contributed by atoms with Crippen molar-refractivity contribution in [3.8, 4) is 0 Å². The Morgan fingerprint density at radius 1 is 1.05 bits per heavy atom. The Hall–Kier alpha value is -0.850. The maximum atomic E-state index is 13.0. The van der Waals surface area contributed by atoms with Crippen LogP contribution in [-0.2, 0) is 29.8 Å². The quantitative estimate of drug-likeness (QED) is 0.537. The molecule has 2 aliphatic carbocycles. The Labute approximate surface area is 119 Å². The standard InChI is InChI=1S/C9H12F2O8S2/c10-9(11,21(16,17)18)8(12)19-6-2-5-1-4(6)3-7(5)20(13,14)15/h4-7H,1-3H2,(H,13,14,15)(H,16,17,18). The molecular weight excluding hydrogens is 338 g/mol. The van der Waals surface area contributed by atoms with Crippen molar-refractivity contribution >= 4 is 26.2 Å². The maximum absolute atomic E-state index is 13.0. The third kappa shape index (κ3) is 2.89. The van der Waals surface area contributed by atoms with Gasteiger partial charge in [-0.2, -0.15) is 25.6 Å². The van der Waals surface area contributed by atoms with E-state index < -0.39 is 54.6 Å². The van der Waals surface area contributed by atoms with Gasteiger partial charge in [0.2, 0.25) is 0 Å². The largest absolute Gasteiger partial charge is 0.465 e. The van der Waals surface area contributed by atoms with Gasteiger partial charge in [-0.15, -0.1) is 0 Å². The summed E-state index contributed by atoms with van der Waals surface area (Å²) in [7, 11) is -10.2. The fraction of sp³-hybridized carbons (Fsp3) is 0.889. The molecule has 0 heterocycles. The van der Waals surface area contributed by atoms with Gasteiger partial charge >= 0.3 is 21.3 Å². The summed E-state index contributed by atoms with van der Waals surface area (Å²) in [5.41, 5.74) is 0.